The maximum absolute atomic E-state index is 12.5. The number of aromatic nitrogens is 1. The molecular weight excluding hydrogens is 340 g/mol. The van der Waals surface area contributed by atoms with Crippen molar-refractivity contribution in [1.29, 1.82) is 0 Å². The first-order valence-corrected chi connectivity index (χ1v) is 8.27. The summed E-state index contributed by atoms with van der Waals surface area (Å²) in [4.78, 5) is 14.0. The van der Waals surface area contributed by atoms with E-state index in [0.717, 1.165) is 10.9 Å². The summed E-state index contributed by atoms with van der Waals surface area (Å²) in [5, 5.41) is 21.2. The Morgan fingerprint density at radius 1 is 1.20 bits per heavy atom. The Hall–Kier alpha value is -2.50. The summed E-state index contributed by atoms with van der Waals surface area (Å²) >= 11 is 6.03. The van der Waals surface area contributed by atoms with Gasteiger partial charge in [-0.3, -0.25) is 4.79 Å². The number of nitrogens with zero attached hydrogens (tertiary/aromatic N) is 2. The average Bonchev–Trinajstić information content (AvgIpc) is 2.97. The number of fused-ring (bicyclic) bond motifs is 1. The van der Waals surface area contributed by atoms with E-state index < -0.39 is 6.10 Å². The summed E-state index contributed by atoms with van der Waals surface area (Å²) in [6.45, 7) is 0.339. The van der Waals surface area contributed by atoms with Gasteiger partial charge in [-0.1, -0.05) is 29.8 Å². The van der Waals surface area contributed by atoms with Gasteiger partial charge in [0, 0.05) is 23.8 Å². The number of carbonyl (C=O) groups excluding carboxylic acids is 1. The van der Waals surface area contributed by atoms with Gasteiger partial charge in [-0.2, -0.15) is 0 Å². The van der Waals surface area contributed by atoms with Crippen LogP contribution >= 0.6 is 11.6 Å². The first-order valence-electron chi connectivity index (χ1n) is 7.89. The molecule has 0 fully saturated rings. The minimum absolute atomic E-state index is 0.115. The van der Waals surface area contributed by atoms with Gasteiger partial charge in [-0.25, -0.2) is 0 Å². The van der Waals surface area contributed by atoms with Gasteiger partial charge < -0.3 is 19.7 Å². The first-order chi connectivity index (χ1) is 11.9. The maximum Gasteiger partial charge on any atom is 0.242 e. The third-order valence-corrected chi connectivity index (χ3v) is 4.43. The summed E-state index contributed by atoms with van der Waals surface area (Å²) in [6.07, 6.45) is 1.04. The predicted octanol–water partition coefficient (Wildman–Crippen LogP) is 3.19. The van der Waals surface area contributed by atoms with Crippen LogP contribution in [0.25, 0.3) is 10.9 Å². The molecule has 1 unspecified atom stereocenters. The number of amides is 1. The van der Waals surface area contributed by atoms with Gasteiger partial charge >= 0.3 is 0 Å². The number of carbonyl (C=O) groups is 1. The van der Waals surface area contributed by atoms with Crippen molar-refractivity contribution in [3.05, 3.63) is 65.3 Å². The predicted molar refractivity (Wildman–Crippen MR) is 97.7 cm³/mol. The van der Waals surface area contributed by atoms with E-state index in [2.05, 4.69) is 0 Å². The van der Waals surface area contributed by atoms with Crippen LogP contribution in [0, 0.1) is 0 Å². The number of halogens is 1. The highest BCUT2D eigenvalue weighted by Gasteiger charge is 2.16. The molecule has 130 valence electrons. The van der Waals surface area contributed by atoms with Crippen LogP contribution < -0.4 is 0 Å². The fourth-order valence-corrected chi connectivity index (χ4v) is 2.89. The molecule has 6 heteroatoms. The lowest BCUT2D eigenvalue weighted by atomic mass is 10.1. The molecule has 2 N–H and O–H groups in total. The van der Waals surface area contributed by atoms with Crippen LogP contribution in [0.1, 0.15) is 11.7 Å². The molecule has 0 saturated heterocycles. The number of aliphatic hydroxyl groups excluding tert-OH is 1. The molecule has 0 aliphatic rings. The second-order valence-electron chi connectivity index (χ2n) is 6.03. The molecule has 2 aromatic carbocycles. The van der Waals surface area contributed by atoms with E-state index in [0.29, 0.717) is 10.6 Å². The van der Waals surface area contributed by atoms with Gasteiger partial charge in [0.05, 0.1) is 12.6 Å². The minimum Gasteiger partial charge on any atom is -0.508 e. The van der Waals surface area contributed by atoms with E-state index in [1.807, 2.05) is 35.0 Å². The largest absolute Gasteiger partial charge is 0.508 e. The van der Waals surface area contributed by atoms with E-state index in [9.17, 15) is 15.0 Å². The lowest BCUT2D eigenvalue weighted by Gasteiger charge is -2.21. The van der Waals surface area contributed by atoms with Crippen molar-refractivity contribution in [3.63, 3.8) is 0 Å². The maximum atomic E-state index is 12.5. The number of likely N-dealkylation sites (N-methyl/N-ethyl adjacent to an activating group) is 1. The van der Waals surface area contributed by atoms with E-state index in [1.54, 1.807) is 19.2 Å². The molecule has 1 heterocycles. The Bertz CT molecular complexity index is 889. The minimum atomic E-state index is -0.814. The number of hydrogen-bond acceptors (Lipinski definition) is 3. The van der Waals surface area contributed by atoms with Crippen molar-refractivity contribution < 1.29 is 15.0 Å². The van der Waals surface area contributed by atoms with Crippen LogP contribution in [0.15, 0.2) is 54.7 Å². The molecule has 1 aromatic heterocycles. The second-order valence-corrected chi connectivity index (χ2v) is 6.46. The fraction of sp³-hybridized carbons (Fsp3) is 0.211. The first kappa shape index (κ1) is 17.3. The molecule has 0 bridgehead atoms. The zero-order chi connectivity index (χ0) is 18.0. The van der Waals surface area contributed by atoms with Gasteiger partial charge in [-0.05, 0) is 41.3 Å². The van der Waals surface area contributed by atoms with Gasteiger partial charge in [0.15, 0.2) is 0 Å². The molecule has 25 heavy (non-hydrogen) atoms. The summed E-state index contributed by atoms with van der Waals surface area (Å²) in [5.74, 6) is 0.0221. The van der Waals surface area contributed by atoms with Crippen LogP contribution in [-0.4, -0.2) is 39.2 Å². The summed E-state index contributed by atoms with van der Waals surface area (Å²) < 4.78 is 1.84. The molecule has 3 aromatic rings. The Balaban J connectivity index is 1.67. The molecule has 0 aliphatic heterocycles. The topological polar surface area (TPSA) is 65.7 Å². The number of phenols is 1. The number of aromatic hydroxyl groups is 1. The lowest BCUT2D eigenvalue weighted by Crippen LogP contribution is -2.33. The molecule has 1 amide bonds. The molecule has 0 aliphatic carbocycles. The Kier molecular flexibility index (Phi) is 4.97. The van der Waals surface area contributed by atoms with Crippen molar-refractivity contribution in [1.82, 2.24) is 9.47 Å². The molecular formula is C19H19ClN2O3. The number of phenolic OH excluding ortho intramolecular Hbond substituents is 1. The lowest BCUT2D eigenvalue weighted by molar-refractivity contribution is -0.131. The van der Waals surface area contributed by atoms with E-state index in [1.165, 1.54) is 17.0 Å². The highest BCUT2D eigenvalue weighted by atomic mass is 35.5. The Labute approximate surface area is 150 Å². The molecule has 0 spiro atoms. The average molecular weight is 359 g/mol. The molecule has 0 saturated carbocycles. The third kappa shape index (κ3) is 3.95. The van der Waals surface area contributed by atoms with Gasteiger partial charge in [0.2, 0.25) is 5.91 Å². The Morgan fingerprint density at radius 2 is 1.92 bits per heavy atom. The zero-order valence-corrected chi connectivity index (χ0v) is 14.5. The number of aliphatic hydroxyl groups is 1. The monoisotopic (exact) mass is 358 g/mol. The van der Waals surface area contributed by atoms with Crippen LogP contribution in [0.2, 0.25) is 5.02 Å². The molecule has 5 nitrogen and oxygen atoms in total. The van der Waals surface area contributed by atoms with Crippen LogP contribution in [0.3, 0.4) is 0 Å². The molecule has 3 rings (SSSR count). The van der Waals surface area contributed by atoms with E-state index in [-0.39, 0.29) is 24.7 Å². The number of rotatable bonds is 5. The van der Waals surface area contributed by atoms with Crippen LogP contribution in [-0.2, 0) is 11.3 Å². The van der Waals surface area contributed by atoms with Crippen molar-refractivity contribution in [2.24, 2.45) is 0 Å². The number of hydrogen-bond donors (Lipinski definition) is 2. The molecule has 0 radical (unpaired) electrons. The van der Waals surface area contributed by atoms with Crippen molar-refractivity contribution >= 4 is 28.4 Å². The number of benzene rings is 2. The smallest absolute Gasteiger partial charge is 0.242 e. The summed E-state index contributed by atoms with van der Waals surface area (Å²) in [5.41, 5.74) is 1.55. The van der Waals surface area contributed by atoms with Crippen LogP contribution in [0.5, 0.6) is 5.75 Å². The normalized spacial score (nSPS) is 12.3. The van der Waals surface area contributed by atoms with E-state index in [4.69, 9.17) is 11.6 Å². The van der Waals surface area contributed by atoms with Gasteiger partial charge in [0.1, 0.15) is 12.3 Å². The fourth-order valence-electron chi connectivity index (χ4n) is 2.72. The molecule has 1 atom stereocenters. The standard InChI is InChI=1S/C19H19ClN2O3/c1-21(11-18(24)14-3-6-16(23)7-4-14)19(25)12-22-9-8-13-2-5-15(20)10-17(13)22/h2-10,18,23-24H,11-12H2,1H3. The van der Waals surface area contributed by atoms with Crippen molar-refractivity contribution in [2.45, 2.75) is 12.6 Å². The van der Waals surface area contributed by atoms with Crippen molar-refractivity contribution in [2.75, 3.05) is 13.6 Å². The zero-order valence-electron chi connectivity index (χ0n) is 13.8. The van der Waals surface area contributed by atoms with Gasteiger partial charge in [-0.15, -0.1) is 0 Å². The van der Waals surface area contributed by atoms with Crippen molar-refractivity contribution in [3.8, 4) is 5.75 Å². The summed E-state index contributed by atoms with van der Waals surface area (Å²) in [7, 11) is 1.66. The second kappa shape index (κ2) is 7.17. The third-order valence-electron chi connectivity index (χ3n) is 4.19. The summed E-state index contributed by atoms with van der Waals surface area (Å²) in [6, 6.07) is 13.8. The SMILES string of the molecule is CN(CC(O)c1ccc(O)cc1)C(=O)Cn1ccc2ccc(Cl)cc21. The highest BCUT2D eigenvalue weighted by Crippen LogP contribution is 2.21. The van der Waals surface area contributed by atoms with Crippen LogP contribution in [0.4, 0.5) is 0 Å². The van der Waals surface area contributed by atoms with E-state index >= 15 is 0 Å². The van der Waals surface area contributed by atoms with Gasteiger partial charge in [0.25, 0.3) is 0 Å². The quantitative estimate of drug-likeness (QED) is 0.736. The highest BCUT2D eigenvalue weighted by molar-refractivity contribution is 6.31. The Morgan fingerprint density at radius 3 is 2.64 bits per heavy atom.